The molecule has 6 heteroatoms. The average Bonchev–Trinajstić information content (AvgIpc) is 3.12. The fraction of sp³-hybridized carbons (Fsp3) is 0.714. The molecule has 1 unspecified atom stereocenters. The van der Waals surface area contributed by atoms with Crippen LogP contribution in [0, 0.1) is 5.92 Å². The maximum atomic E-state index is 12.6. The second-order valence-corrected chi connectivity index (χ2v) is 8.06. The third-order valence-corrected chi connectivity index (χ3v) is 5.98. The molecule has 0 spiro atoms. The molecule has 1 aromatic rings. The predicted molar refractivity (Wildman–Crippen MR) is 77.8 cm³/mol. The van der Waals surface area contributed by atoms with Crippen LogP contribution in [0.1, 0.15) is 38.3 Å². The minimum Gasteiger partial charge on any atom is -0.363 e. The molecule has 0 amide bonds. The van der Waals surface area contributed by atoms with Crippen LogP contribution in [0.15, 0.2) is 17.2 Å². The largest absolute Gasteiger partial charge is 0.363 e. The second kappa shape index (κ2) is 5.50. The highest BCUT2D eigenvalue weighted by Crippen LogP contribution is 2.24. The summed E-state index contributed by atoms with van der Waals surface area (Å²) >= 11 is 0. The fourth-order valence-corrected chi connectivity index (χ4v) is 4.34. The Bertz CT molecular complexity index is 563. The van der Waals surface area contributed by atoms with E-state index in [9.17, 15) is 8.42 Å². The maximum Gasteiger partial charge on any atom is 0.244 e. The first-order chi connectivity index (χ1) is 9.55. The number of hydrogen-bond donors (Lipinski definition) is 2. The van der Waals surface area contributed by atoms with Gasteiger partial charge in [0.15, 0.2) is 0 Å². The summed E-state index contributed by atoms with van der Waals surface area (Å²) < 4.78 is 26.8. The Kier molecular flexibility index (Phi) is 3.88. The van der Waals surface area contributed by atoms with Gasteiger partial charge in [0.2, 0.25) is 10.0 Å². The first-order valence-electron chi connectivity index (χ1n) is 7.46. The number of sulfonamides is 1. The van der Waals surface area contributed by atoms with Crippen LogP contribution in [-0.2, 0) is 16.6 Å². The van der Waals surface area contributed by atoms with Gasteiger partial charge in [0, 0.05) is 37.6 Å². The van der Waals surface area contributed by atoms with Crippen molar-refractivity contribution in [1.29, 1.82) is 0 Å². The Labute approximate surface area is 120 Å². The summed E-state index contributed by atoms with van der Waals surface area (Å²) in [7, 11) is -3.32. The van der Waals surface area contributed by atoms with Gasteiger partial charge >= 0.3 is 0 Å². The van der Waals surface area contributed by atoms with E-state index in [0.717, 1.165) is 25.1 Å². The van der Waals surface area contributed by atoms with Crippen LogP contribution >= 0.6 is 0 Å². The normalized spacial score (nSPS) is 24.9. The van der Waals surface area contributed by atoms with Crippen molar-refractivity contribution in [3.05, 3.63) is 18.0 Å². The van der Waals surface area contributed by atoms with E-state index in [4.69, 9.17) is 0 Å². The lowest BCUT2D eigenvalue weighted by Crippen LogP contribution is -2.38. The number of piperidine rings is 1. The van der Waals surface area contributed by atoms with E-state index in [1.54, 1.807) is 16.6 Å². The number of hydrogen-bond acceptors (Lipinski definition) is 3. The fourth-order valence-electron chi connectivity index (χ4n) is 2.73. The lowest BCUT2D eigenvalue weighted by atomic mass is 10.0. The van der Waals surface area contributed by atoms with Gasteiger partial charge in [0.25, 0.3) is 0 Å². The molecule has 5 nitrogen and oxygen atoms in total. The van der Waals surface area contributed by atoms with Crippen LogP contribution in [0.4, 0.5) is 0 Å². The third-order valence-electron chi connectivity index (χ3n) is 4.13. The van der Waals surface area contributed by atoms with E-state index < -0.39 is 10.0 Å². The van der Waals surface area contributed by atoms with E-state index in [1.807, 2.05) is 0 Å². The number of aromatic amines is 1. The zero-order valence-corrected chi connectivity index (χ0v) is 12.7. The van der Waals surface area contributed by atoms with Gasteiger partial charge in [0.05, 0.1) is 4.90 Å². The van der Waals surface area contributed by atoms with Crippen molar-refractivity contribution in [3.63, 3.8) is 0 Å². The SMILES string of the molecule is CC1CCCN(S(=O)(=O)c2c[nH]c(CNC3CC3)c2)C1. The van der Waals surface area contributed by atoms with Gasteiger partial charge in [-0.1, -0.05) is 6.92 Å². The summed E-state index contributed by atoms with van der Waals surface area (Å²) in [6, 6.07) is 2.39. The molecule has 0 radical (unpaired) electrons. The Morgan fingerprint density at radius 3 is 2.90 bits per heavy atom. The van der Waals surface area contributed by atoms with E-state index in [0.29, 0.717) is 29.9 Å². The molecule has 1 saturated heterocycles. The highest BCUT2D eigenvalue weighted by molar-refractivity contribution is 7.89. The summed E-state index contributed by atoms with van der Waals surface area (Å²) in [6.45, 7) is 4.12. The first kappa shape index (κ1) is 14.1. The van der Waals surface area contributed by atoms with Crippen molar-refractivity contribution in [2.24, 2.45) is 5.92 Å². The van der Waals surface area contributed by atoms with E-state index in [2.05, 4.69) is 17.2 Å². The van der Waals surface area contributed by atoms with Crippen LogP contribution in [-0.4, -0.2) is 36.8 Å². The molecule has 20 heavy (non-hydrogen) atoms. The Morgan fingerprint density at radius 2 is 2.20 bits per heavy atom. The molecule has 1 saturated carbocycles. The molecule has 1 atom stereocenters. The van der Waals surface area contributed by atoms with Crippen molar-refractivity contribution in [2.45, 2.75) is 50.1 Å². The van der Waals surface area contributed by atoms with E-state index in [1.165, 1.54) is 12.8 Å². The van der Waals surface area contributed by atoms with Gasteiger partial charge in [-0.2, -0.15) is 4.31 Å². The summed E-state index contributed by atoms with van der Waals surface area (Å²) in [5.41, 5.74) is 0.945. The van der Waals surface area contributed by atoms with E-state index >= 15 is 0 Å². The van der Waals surface area contributed by atoms with Gasteiger partial charge in [0.1, 0.15) is 0 Å². The van der Waals surface area contributed by atoms with Crippen molar-refractivity contribution in [3.8, 4) is 0 Å². The Hall–Kier alpha value is -0.850. The third kappa shape index (κ3) is 3.07. The monoisotopic (exact) mass is 297 g/mol. The standard InChI is InChI=1S/C14H23N3O2S/c1-11-3-2-6-17(10-11)20(18,19)14-7-13(16-9-14)8-15-12-4-5-12/h7,9,11-12,15-16H,2-6,8,10H2,1H3. The van der Waals surface area contributed by atoms with Crippen molar-refractivity contribution in [2.75, 3.05) is 13.1 Å². The average molecular weight is 297 g/mol. The van der Waals surface area contributed by atoms with Gasteiger partial charge in [-0.25, -0.2) is 8.42 Å². The summed E-state index contributed by atoms with van der Waals surface area (Å²) in [5, 5.41) is 3.38. The van der Waals surface area contributed by atoms with E-state index in [-0.39, 0.29) is 0 Å². The molecule has 1 aromatic heterocycles. The zero-order chi connectivity index (χ0) is 14.2. The molecule has 2 N–H and O–H groups in total. The van der Waals surface area contributed by atoms with Crippen LogP contribution < -0.4 is 5.32 Å². The molecular weight excluding hydrogens is 274 g/mol. The molecule has 2 heterocycles. The number of rotatable bonds is 5. The van der Waals surface area contributed by atoms with Gasteiger partial charge in [-0.3, -0.25) is 0 Å². The molecule has 0 bridgehead atoms. The number of nitrogens with zero attached hydrogens (tertiary/aromatic N) is 1. The molecular formula is C14H23N3O2S. The van der Waals surface area contributed by atoms with Gasteiger partial charge in [-0.05, 0) is 37.7 Å². The van der Waals surface area contributed by atoms with Crippen LogP contribution in [0.25, 0.3) is 0 Å². The highest BCUT2D eigenvalue weighted by Gasteiger charge is 2.29. The smallest absolute Gasteiger partial charge is 0.244 e. The molecule has 2 fully saturated rings. The lowest BCUT2D eigenvalue weighted by Gasteiger charge is -2.29. The molecule has 1 aliphatic heterocycles. The molecule has 1 aliphatic carbocycles. The minimum absolute atomic E-state index is 0.402. The molecule has 2 aliphatic rings. The van der Waals surface area contributed by atoms with Gasteiger partial charge < -0.3 is 10.3 Å². The maximum absolute atomic E-state index is 12.6. The minimum atomic E-state index is -3.32. The quantitative estimate of drug-likeness (QED) is 0.869. The second-order valence-electron chi connectivity index (χ2n) is 6.13. The summed E-state index contributed by atoms with van der Waals surface area (Å²) in [6.07, 6.45) is 6.17. The van der Waals surface area contributed by atoms with Crippen LogP contribution in [0.2, 0.25) is 0 Å². The molecule has 3 rings (SSSR count). The van der Waals surface area contributed by atoms with Crippen molar-refractivity contribution in [1.82, 2.24) is 14.6 Å². The first-order valence-corrected chi connectivity index (χ1v) is 8.90. The number of H-pyrrole nitrogens is 1. The molecule has 112 valence electrons. The number of aromatic nitrogens is 1. The lowest BCUT2D eigenvalue weighted by molar-refractivity contribution is 0.281. The topological polar surface area (TPSA) is 65.2 Å². The Balaban J connectivity index is 1.69. The zero-order valence-electron chi connectivity index (χ0n) is 11.9. The Morgan fingerprint density at radius 1 is 1.40 bits per heavy atom. The number of nitrogens with one attached hydrogen (secondary N) is 2. The highest BCUT2D eigenvalue weighted by atomic mass is 32.2. The van der Waals surface area contributed by atoms with Crippen LogP contribution in [0.5, 0.6) is 0 Å². The van der Waals surface area contributed by atoms with Crippen molar-refractivity contribution >= 4 is 10.0 Å². The summed E-state index contributed by atoms with van der Waals surface area (Å²) in [4.78, 5) is 3.48. The van der Waals surface area contributed by atoms with Gasteiger partial charge in [-0.15, -0.1) is 0 Å². The predicted octanol–water partition coefficient (Wildman–Crippen LogP) is 1.69. The molecule has 0 aromatic carbocycles. The summed E-state index contributed by atoms with van der Waals surface area (Å²) in [5.74, 6) is 0.452. The van der Waals surface area contributed by atoms with Crippen LogP contribution in [0.3, 0.4) is 0 Å². The van der Waals surface area contributed by atoms with Crippen molar-refractivity contribution < 1.29 is 8.42 Å².